The molecule has 0 aliphatic carbocycles. The van der Waals surface area contributed by atoms with E-state index < -0.39 is 17.6 Å². The first-order valence-corrected chi connectivity index (χ1v) is 4.99. The van der Waals surface area contributed by atoms with Gasteiger partial charge < -0.3 is 0 Å². The lowest BCUT2D eigenvalue weighted by molar-refractivity contribution is -0.141. The molecule has 2 rings (SSSR count). The second-order valence-electron chi connectivity index (χ2n) is 3.16. The van der Waals surface area contributed by atoms with E-state index in [9.17, 15) is 18.0 Å². The molecule has 2 aromatic rings. The molecule has 0 atom stereocenters. The molecule has 0 amide bonds. The maximum atomic E-state index is 12.6. The van der Waals surface area contributed by atoms with E-state index in [0.717, 1.165) is 10.6 Å². The summed E-state index contributed by atoms with van der Waals surface area (Å²) in [6.45, 7) is 0. The Kier molecular flexibility index (Phi) is 2.79. The number of fused-ring (bicyclic) bond motifs is 1. The monoisotopic (exact) mass is 282 g/mol. The number of aldehydes is 1. The number of carbonyl (C=O) groups is 1. The molecule has 17 heavy (non-hydrogen) atoms. The van der Waals surface area contributed by atoms with Crippen molar-refractivity contribution in [2.45, 2.75) is 6.18 Å². The predicted molar refractivity (Wildman–Crippen MR) is 55.6 cm³/mol. The van der Waals surface area contributed by atoms with Crippen LogP contribution in [0.4, 0.5) is 13.2 Å². The van der Waals surface area contributed by atoms with Crippen LogP contribution >= 0.6 is 23.2 Å². The number of alkyl halides is 3. The number of halogens is 5. The summed E-state index contributed by atoms with van der Waals surface area (Å²) in [5.74, 6) is 0. The normalized spacial score (nSPS) is 12.1. The van der Waals surface area contributed by atoms with E-state index in [2.05, 4.69) is 4.98 Å². The van der Waals surface area contributed by atoms with Gasteiger partial charge in [-0.3, -0.25) is 9.20 Å². The minimum Gasteiger partial charge on any atom is -0.296 e. The summed E-state index contributed by atoms with van der Waals surface area (Å²) in [7, 11) is 0. The predicted octanol–water partition coefficient (Wildman–Crippen LogP) is 3.47. The lowest BCUT2D eigenvalue weighted by Gasteiger charge is -2.02. The largest absolute Gasteiger partial charge is 0.435 e. The first-order chi connectivity index (χ1) is 7.84. The van der Waals surface area contributed by atoms with Gasteiger partial charge in [-0.25, -0.2) is 4.98 Å². The lowest BCUT2D eigenvalue weighted by atomic mass is 10.3. The van der Waals surface area contributed by atoms with E-state index in [-0.39, 0.29) is 22.0 Å². The minimum absolute atomic E-state index is 0.0592. The number of pyridine rings is 1. The van der Waals surface area contributed by atoms with Crippen LogP contribution in [0.3, 0.4) is 0 Å². The van der Waals surface area contributed by atoms with E-state index in [1.807, 2.05) is 0 Å². The zero-order chi connectivity index (χ0) is 12.8. The number of nitrogens with zero attached hydrogens (tertiary/aromatic N) is 2. The van der Waals surface area contributed by atoms with Crippen LogP contribution in [0.25, 0.3) is 5.65 Å². The Balaban J connectivity index is 2.90. The van der Waals surface area contributed by atoms with Crippen LogP contribution < -0.4 is 0 Å². The van der Waals surface area contributed by atoms with Gasteiger partial charge in [0.15, 0.2) is 17.6 Å². The zero-order valence-electron chi connectivity index (χ0n) is 7.92. The second-order valence-corrected chi connectivity index (χ2v) is 4.00. The van der Waals surface area contributed by atoms with E-state index in [4.69, 9.17) is 23.2 Å². The zero-order valence-corrected chi connectivity index (χ0v) is 9.44. The maximum Gasteiger partial charge on any atom is 0.435 e. The first-order valence-electron chi connectivity index (χ1n) is 4.24. The van der Waals surface area contributed by atoms with Crippen LogP contribution in [-0.2, 0) is 6.18 Å². The van der Waals surface area contributed by atoms with Gasteiger partial charge in [0.2, 0.25) is 0 Å². The number of aromatic nitrogens is 2. The molecule has 2 heterocycles. The Morgan fingerprint density at radius 1 is 1.35 bits per heavy atom. The van der Waals surface area contributed by atoms with Gasteiger partial charge in [0, 0.05) is 6.20 Å². The molecular formula is C9H3Cl2F3N2O. The molecule has 0 bridgehead atoms. The third kappa shape index (κ3) is 1.98. The van der Waals surface area contributed by atoms with Crippen molar-refractivity contribution >= 4 is 35.1 Å². The molecule has 0 fully saturated rings. The molecule has 0 unspecified atom stereocenters. The Hall–Kier alpha value is -1.27. The average molecular weight is 283 g/mol. The highest BCUT2D eigenvalue weighted by atomic mass is 35.5. The van der Waals surface area contributed by atoms with Crippen molar-refractivity contribution in [3.63, 3.8) is 0 Å². The summed E-state index contributed by atoms with van der Waals surface area (Å²) in [5, 5.41) is 0.0489. The van der Waals surface area contributed by atoms with Crippen molar-refractivity contribution in [3.05, 3.63) is 33.7 Å². The van der Waals surface area contributed by atoms with Crippen molar-refractivity contribution < 1.29 is 18.0 Å². The topological polar surface area (TPSA) is 34.4 Å². The third-order valence-electron chi connectivity index (χ3n) is 2.06. The molecule has 8 heteroatoms. The molecule has 0 saturated carbocycles. The fraction of sp³-hybridized carbons (Fsp3) is 0.111. The van der Waals surface area contributed by atoms with E-state index in [1.165, 1.54) is 6.07 Å². The van der Waals surface area contributed by atoms with Crippen molar-refractivity contribution in [1.29, 1.82) is 0 Å². The van der Waals surface area contributed by atoms with Crippen LogP contribution in [0, 0.1) is 0 Å². The quantitative estimate of drug-likeness (QED) is 0.751. The third-order valence-corrected chi connectivity index (χ3v) is 2.54. The van der Waals surface area contributed by atoms with Gasteiger partial charge in [-0.05, 0) is 6.07 Å². The lowest BCUT2D eigenvalue weighted by Crippen LogP contribution is -2.09. The number of hydrogen-bond donors (Lipinski definition) is 0. The molecule has 0 aliphatic rings. The second kappa shape index (κ2) is 3.89. The summed E-state index contributed by atoms with van der Waals surface area (Å²) in [5.41, 5.74) is -2.07. The standard InChI is InChI=1S/C9H3Cl2F3N2O/c10-4-1-5(11)8-15-7(9(12,13)14)6(3-17)16(8)2-4/h1-3H. The van der Waals surface area contributed by atoms with Gasteiger partial charge in [0.05, 0.1) is 10.0 Å². The Labute approximate surface area is 103 Å². The van der Waals surface area contributed by atoms with E-state index in [1.54, 1.807) is 0 Å². The van der Waals surface area contributed by atoms with Gasteiger partial charge >= 0.3 is 6.18 Å². The SMILES string of the molecule is O=Cc1c(C(F)(F)F)nc2c(Cl)cc(Cl)cn12. The van der Waals surface area contributed by atoms with E-state index >= 15 is 0 Å². The molecule has 2 aromatic heterocycles. The highest BCUT2D eigenvalue weighted by Crippen LogP contribution is 2.33. The van der Waals surface area contributed by atoms with Gasteiger partial charge in [0.1, 0.15) is 5.69 Å². The highest BCUT2D eigenvalue weighted by molar-refractivity contribution is 6.36. The van der Waals surface area contributed by atoms with Gasteiger partial charge in [-0.2, -0.15) is 13.2 Å². The van der Waals surface area contributed by atoms with Crippen LogP contribution in [0.5, 0.6) is 0 Å². The Morgan fingerprint density at radius 2 is 2.00 bits per heavy atom. The van der Waals surface area contributed by atoms with Crippen LogP contribution in [0.1, 0.15) is 16.2 Å². The van der Waals surface area contributed by atoms with Gasteiger partial charge in [-0.15, -0.1) is 0 Å². The molecule has 0 spiro atoms. The molecule has 0 aliphatic heterocycles. The summed E-state index contributed by atoms with van der Waals surface area (Å²) < 4.78 is 38.7. The van der Waals surface area contributed by atoms with Crippen molar-refractivity contribution in [2.75, 3.05) is 0 Å². The smallest absolute Gasteiger partial charge is 0.296 e. The molecule has 0 aromatic carbocycles. The van der Waals surface area contributed by atoms with Crippen molar-refractivity contribution in [2.24, 2.45) is 0 Å². The number of hydrogen-bond acceptors (Lipinski definition) is 2. The van der Waals surface area contributed by atoms with Gasteiger partial charge in [0.25, 0.3) is 0 Å². The van der Waals surface area contributed by atoms with Crippen LogP contribution in [0.15, 0.2) is 12.3 Å². The summed E-state index contributed by atoms with van der Waals surface area (Å²) in [6.07, 6.45) is -3.51. The Bertz CT molecular complexity index is 606. The summed E-state index contributed by atoms with van der Waals surface area (Å²) in [4.78, 5) is 14.0. The fourth-order valence-corrected chi connectivity index (χ4v) is 1.93. The summed E-state index contributed by atoms with van der Waals surface area (Å²) >= 11 is 11.3. The molecule has 90 valence electrons. The maximum absolute atomic E-state index is 12.6. The highest BCUT2D eigenvalue weighted by Gasteiger charge is 2.38. The van der Waals surface area contributed by atoms with Crippen molar-refractivity contribution in [3.8, 4) is 0 Å². The molecule has 3 nitrogen and oxygen atoms in total. The van der Waals surface area contributed by atoms with Crippen LogP contribution in [-0.4, -0.2) is 15.7 Å². The number of imidazole rings is 1. The number of rotatable bonds is 1. The first kappa shape index (κ1) is 12.2. The molecule has 0 N–H and O–H groups in total. The molecule has 0 saturated heterocycles. The van der Waals surface area contributed by atoms with Gasteiger partial charge in [-0.1, -0.05) is 23.2 Å². The molecule has 0 radical (unpaired) electrons. The van der Waals surface area contributed by atoms with Crippen LogP contribution in [0.2, 0.25) is 10.0 Å². The molecular weight excluding hydrogens is 280 g/mol. The fourth-order valence-electron chi connectivity index (χ4n) is 1.41. The average Bonchev–Trinajstić information content (AvgIpc) is 2.55. The van der Waals surface area contributed by atoms with Crippen molar-refractivity contribution in [1.82, 2.24) is 9.38 Å². The summed E-state index contributed by atoms with van der Waals surface area (Å²) in [6, 6.07) is 1.25. The van der Waals surface area contributed by atoms with E-state index in [0.29, 0.717) is 0 Å². The number of carbonyl (C=O) groups excluding carboxylic acids is 1. The Morgan fingerprint density at radius 3 is 2.53 bits per heavy atom. The minimum atomic E-state index is -4.72.